The molecule has 0 saturated heterocycles. The minimum absolute atomic E-state index is 0.190. The van der Waals surface area contributed by atoms with E-state index in [2.05, 4.69) is 12.2 Å². The van der Waals surface area contributed by atoms with Gasteiger partial charge in [0, 0.05) is 12.6 Å². The lowest BCUT2D eigenvalue weighted by molar-refractivity contribution is -0.137. The van der Waals surface area contributed by atoms with E-state index < -0.39 is 5.97 Å². The fourth-order valence-corrected chi connectivity index (χ4v) is 2.83. The third-order valence-corrected chi connectivity index (χ3v) is 4.05. The van der Waals surface area contributed by atoms with Gasteiger partial charge >= 0.3 is 12.0 Å². The average molecular weight is 268 g/mol. The van der Waals surface area contributed by atoms with E-state index >= 15 is 0 Å². The Labute approximate surface area is 114 Å². The Morgan fingerprint density at radius 1 is 1.26 bits per heavy atom. The van der Waals surface area contributed by atoms with Crippen LogP contribution in [0.5, 0.6) is 0 Å². The van der Waals surface area contributed by atoms with Gasteiger partial charge in [-0.1, -0.05) is 19.8 Å². The second kappa shape index (κ2) is 6.26. The molecule has 2 aliphatic carbocycles. The van der Waals surface area contributed by atoms with Crippen LogP contribution in [0, 0.1) is 11.8 Å². The van der Waals surface area contributed by atoms with Gasteiger partial charge in [0.1, 0.15) is 6.54 Å². The number of nitrogens with one attached hydrogen (secondary N) is 1. The van der Waals surface area contributed by atoms with Crippen LogP contribution >= 0.6 is 0 Å². The number of carboxylic acids is 1. The highest BCUT2D eigenvalue weighted by Crippen LogP contribution is 2.30. The summed E-state index contributed by atoms with van der Waals surface area (Å²) in [7, 11) is 0. The first kappa shape index (κ1) is 14.2. The summed E-state index contributed by atoms with van der Waals surface area (Å²) < 4.78 is 0. The summed E-state index contributed by atoms with van der Waals surface area (Å²) in [6, 6.07) is 0.0140. The van der Waals surface area contributed by atoms with E-state index in [9.17, 15) is 9.59 Å². The highest BCUT2D eigenvalue weighted by atomic mass is 16.4. The summed E-state index contributed by atoms with van der Waals surface area (Å²) in [5.41, 5.74) is 0. The van der Waals surface area contributed by atoms with Crippen LogP contribution in [0.15, 0.2) is 0 Å². The molecular weight excluding hydrogens is 244 g/mol. The number of urea groups is 1. The summed E-state index contributed by atoms with van der Waals surface area (Å²) in [4.78, 5) is 24.5. The molecule has 0 bridgehead atoms. The number of amides is 2. The standard InChI is InChI=1S/C14H24N2O3/c1-10-3-2-4-12(7-10)15-14(19)16(9-13(17)18)8-11-5-6-11/h10-12H,2-9H2,1H3,(H,15,19)(H,17,18). The molecule has 2 atom stereocenters. The molecule has 2 saturated carbocycles. The number of carbonyl (C=O) groups is 2. The quantitative estimate of drug-likeness (QED) is 0.802. The molecule has 0 aromatic carbocycles. The van der Waals surface area contributed by atoms with Crippen molar-refractivity contribution < 1.29 is 14.7 Å². The normalized spacial score (nSPS) is 26.8. The van der Waals surface area contributed by atoms with Crippen molar-refractivity contribution in [2.24, 2.45) is 11.8 Å². The Kier molecular flexibility index (Phi) is 4.66. The van der Waals surface area contributed by atoms with Crippen molar-refractivity contribution >= 4 is 12.0 Å². The molecule has 2 amide bonds. The third-order valence-electron chi connectivity index (χ3n) is 4.05. The lowest BCUT2D eigenvalue weighted by Crippen LogP contribution is -2.48. The molecular formula is C14H24N2O3. The smallest absolute Gasteiger partial charge is 0.323 e. The van der Waals surface area contributed by atoms with Crippen LogP contribution in [0.2, 0.25) is 0 Å². The third kappa shape index (κ3) is 4.73. The fourth-order valence-electron chi connectivity index (χ4n) is 2.83. The van der Waals surface area contributed by atoms with Crippen LogP contribution in [-0.4, -0.2) is 41.1 Å². The molecule has 19 heavy (non-hydrogen) atoms. The maximum atomic E-state index is 12.2. The van der Waals surface area contributed by atoms with E-state index in [1.165, 1.54) is 11.3 Å². The van der Waals surface area contributed by atoms with Gasteiger partial charge in [-0.25, -0.2) is 4.79 Å². The van der Waals surface area contributed by atoms with Crippen molar-refractivity contribution in [1.29, 1.82) is 0 Å². The second-order valence-corrected chi connectivity index (χ2v) is 6.14. The molecule has 0 radical (unpaired) electrons. The molecule has 0 spiro atoms. The van der Waals surface area contributed by atoms with Gasteiger partial charge in [0.2, 0.25) is 0 Å². The Morgan fingerprint density at radius 2 is 2.00 bits per heavy atom. The molecule has 2 unspecified atom stereocenters. The molecule has 2 aliphatic rings. The molecule has 0 heterocycles. The lowest BCUT2D eigenvalue weighted by Gasteiger charge is -2.30. The summed E-state index contributed by atoms with van der Waals surface area (Å²) in [6.07, 6.45) is 6.63. The molecule has 5 heteroatoms. The molecule has 2 fully saturated rings. The lowest BCUT2D eigenvalue weighted by atomic mass is 9.87. The number of nitrogens with zero attached hydrogens (tertiary/aromatic N) is 1. The maximum Gasteiger partial charge on any atom is 0.323 e. The maximum absolute atomic E-state index is 12.2. The largest absolute Gasteiger partial charge is 0.480 e. The fraction of sp³-hybridized carbons (Fsp3) is 0.857. The Hall–Kier alpha value is -1.26. The van der Waals surface area contributed by atoms with Crippen LogP contribution in [0.3, 0.4) is 0 Å². The Balaban J connectivity index is 1.84. The van der Waals surface area contributed by atoms with Crippen LogP contribution < -0.4 is 5.32 Å². The van der Waals surface area contributed by atoms with Crippen molar-refractivity contribution in [2.45, 2.75) is 51.5 Å². The molecule has 2 rings (SSSR count). The van der Waals surface area contributed by atoms with Gasteiger partial charge in [0.05, 0.1) is 0 Å². The van der Waals surface area contributed by atoms with Gasteiger partial charge in [0.25, 0.3) is 0 Å². The molecule has 0 aromatic heterocycles. The van der Waals surface area contributed by atoms with E-state index in [1.54, 1.807) is 0 Å². The van der Waals surface area contributed by atoms with E-state index in [0.717, 1.165) is 32.1 Å². The summed E-state index contributed by atoms with van der Waals surface area (Å²) in [5.74, 6) is 0.221. The summed E-state index contributed by atoms with van der Waals surface area (Å²) >= 11 is 0. The SMILES string of the molecule is CC1CCCC(NC(=O)N(CC(=O)O)CC2CC2)C1. The minimum atomic E-state index is -0.937. The van der Waals surface area contributed by atoms with E-state index in [0.29, 0.717) is 18.4 Å². The van der Waals surface area contributed by atoms with Gasteiger partial charge in [-0.15, -0.1) is 0 Å². The number of hydrogen-bond acceptors (Lipinski definition) is 2. The molecule has 0 aromatic rings. The van der Waals surface area contributed by atoms with Gasteiger partial charge in [-0.3, -0.25) is 4.79 Å². The zero-order chi connectivity index (χ0) is 13.8. The molecule has 5 nitrogen and oxygen atoms in total. The number of carboxylic acid groups (broad SMARTS) is 1. The highest BCUT2D eigenvalue weighted by Gasteiger charge is 2.29. The average Bonchev–Trinajstić information content (AvgIpc) is 3.11. The van der Waals surface area contributed by atoms with Crippen molar-refractivity contribution in [2.75, 3.05) is 13.1 Å². The van der Waals surface area contributed by atoms with Crippen LogP contribution in [-0.2, 0) is 4.79 Å². The first-order chi connectivity index (χ1) is 9.04. The molecule has 2 N–H and O–H groups in total. The summed E-state index contributed by atoms with van der Waals surface area (Å²) in [6.45, 7) is 2.60. The monoisotopic (exact) mass is 268 g/mol. The number of aliphatic carboxylic acids is 1. The molecule has 0 aliphatic heterocycles. The van der Waals surface area contributed by atoms with Crippen LogP contribution in [0.1, 0.15) is 45.4 Å². The van der Waals surface area contributed by atoms with Gasteiger partial charge in [-0.05, 0) is 37.5 Å². The number of rotatable bonds is 5. The van der Waals surface area contributed by atoms with E-state index in [1.807, 2.05) is 0 Å². The van der Waals surface area contributed by atoms with Gasteiger partial charge in [-0.2, -0.15) is 0 Å². The zero-order valence-electron chi connectivity index (χ0n) is 11.6. The van der Waals surface area contributed by atoms with Crippen molar-refractivity contribution in [3.8, 4) is 0 Å². The molecule has 108 valence electrons. The van der Waals surface area contributed by atoms with Crippen molar-refractivity contribution in [3.05, 3.63) is 0 Å². The predicted molar refractivity (Wildman–Crippen MR) is 71.9 cm³/mol. The Morgan fingerprint density at radius 3 is 2.58 bits per heavy atom. The Bertz CT molecular complexity index is 342. The van der Waals surface area contributed by atoms with Gasteiger partial charge < -0.3 is 15.3 Å². The van der Waals surface area contributed by atoms with Crippen molar-refractivity contribution in [1.82, 2.24) is 10.2 Å². The first-order valence-corrected chi connectivity index (χ1v) is 7.32. The number of hydrogen-bond donors (Lipinski definition) is 2. The topological polar surface area (TPSA) is 69.6 Å². The first-order valence-electron chi connectivity index (χ1n) is 7.32. The van der Waals surface area contributed by atoms with Gasteiger partial charge in [0.15, 0.2) is 0 Å². The van der Waals surface area contributed by atoms with E-state index in [4.69, 9.17) is 5.11 Å². The minimum Gasteiger partial charge on any atom is -0.480 e. The summed E-state index contributed by atoms with van der Waals surface area (Å²) in [5, 5.41) is 11.9. The van der Waals surface area contributed by atoms with E-state index in [-0.39, 0.29) is 18.6 Å². The predicted octanol–water partition coefficient (Wildman–Crippen LogP) is 2.07. The zero-order valence-corrected chi connectivity index (χ0v) is 11.6. The van der Waals surface area contributed by atoms with Crippen LogP contribution in [0.25, 0.3) is 0 Å². The van der Waals surface area contributed by atoms with Crippen molar-refractivity contribution in [3.63, 3.8) is 0 Å². The number of carbonyl (C=O) groups excluding carboxylic acids is 1. The second-order valence-electron chi connectivity index (χ2n) is 6.14. The highest BCUT2D eigenvalue weighted by molar-refractivity contribution is 5.80. The van der Waals surface area contributed by atoms with Crippen LogP contribution in [0.4, 0.5) is 4.79 Å².